The van der Waals surface area contributed by atoms with Gasteiger partial charge in [0, 0.05) is 19.3 Å². The minimum atomic E-state index is 0.0747. The van der Waals surface area contributed by atoms with Crippen LogP contribution in [0.2, 0.25) is 0 Å². The lowest BCUT2D eigenvalue weighted by Crippen LogP contribution is -2.25. The minimum Gasteiger partial charge on any atom is -0.352 e. The summed E-state index contributed by atoms with van der Waals surface area (Å²) in [6, 6.07) is 12.2. The van der Waals surface area contributed by atoms with E-state index in [2.05, 4.69) is 34.1 Å². The zero-order valence-electron chi connectivity index (χ0n) is 11.7. The molecule has 3 heteroatoms. The maximum atomic E-state index is 11.8. The number of anilines is 1. The van der Waals surface area contributed by atoms with Gasteiger partial charge in [-0.25, -0.2) is 4.98 Å². The summed E-state index contributed by atoms with van der Waals surface area (Å²) in [5.74, 6) is 0.891. The van der Waals surface area contributed by atoms with Crippen LogP contribution in [-0.2, 0) is 13.0 Å². The highest BCUT2D eigenvalue weighted by Crippen LogP contribution is 2.25. The number of carbonyl (C=O) groups is 1. The number of aromatic nitrogens is 1. The molecule has 1 aromatic heterocycles. The van der Waals surface area contributed by atoms with E-state index in [-0.39, 0.29) is 5.78 Å². The summed E-state index contributed by atoms with van der Waals surface area (Å²) >= 11 is 0. The third kappa shape index (κ3) is 2.44. The fourth-order valence-corrected chi connectivity index (χ4v) is 2.81. The Bertz CT molecular complexity index is 636. The van der Waals surface area contributed by atoms with E-state index in [1.807, 2.05) is 12.1 Å². The van der Waals surface area contributed by atoms with Crippen LogP contribution < -0.4 is 4.90 Å². The average molecular weight is 266 g/mol. The van der Waals surface area contributed by atoms with Crippen LogP contribution in [0.4, 0.5) is 5.82 Å². The molecule has 0 amide bonds. The lowest BCUT2D eigenvalue weighted by molar-refractivity contribution is 0.101. The molecule has 2 heterocycles. The molecule has 0 bridgehead atoms. The molecule has 0 N–H and O–H groups in total. The van der Waals surface area contributed by atoms with Gasteiger partial charge in [0.2, 0.25) is 0 Å². The van der Waals surface area contributed by atoms with Gasteiger partial charge in [0.25, 0.3) is 0 Å². The number of hydrogen-bond acceptors (Lipinski definition) is 3. The molecule has 1 aliphatic rings. The number of benzene rings is 1. The smallest absolute Gasteiger partial charge is 0.163 e. The topological polar surface area (TPSA) is 33.2 Å². The van der Waals surface area contributed by atoms with Gasteiger partial charge in [0.15, 0.2) is 5.78 Å². The van der Waals surface area contributed by atoms with Crippen LogP contribution in [0.1, 0.15) is 34.8 Å². The summed E-state index contributed by atoms with van der Waals surface area (Å²) in [6.45, 7) is 3.37. The zero-order valence-corrected chi connectivity index (χ0v) is 11.7. The van der Waals surface area contributed by atoms with Crippen molar-refractivity contribution in [3.8, 4) is 0 Å². The molecular weight excluding hydrogens is 248 g/mol. The predicted molar refractivity (Wildman–Crippen MR) is 80.1 cm³/mol. The Morgan fingerprint density at radius 2 is 1.95 bits per heavy atom. The van der Waals surface area contributed by atoms with Gasteiger partial charge in [-0.1, -0.05) is 24.3 Å². The number of carbonyl (C=O) groups excluding carboxylic acids is 1. The van der Waals surface area contributed by atoms with Crippen LogP contribution in [0.25, 0.3) is 0 Å². The van der Waals surface area contributed by atoms with Gasteiger partial charge in [0.1, 0.15) is 5.82 Å². The number of ketones is 1. The van der Waals surface area contributed by atoms with E-state index in [0.29, 0.717) is 5.56 Å². The number of nitrogens with zero attached hydrogens (tertiary/aromatic N) is 2. The van der Waals surface area contributed by atoms with E-state index in [9.17, 15) is 4.79 Å². The minimum absolute atomic E-state index is 0.0747. The van der Waals surface area contributed by atoms with Crippen LogP contribution >= 0.6 is 0 Å². The monoisotopic (exact) mass is 266 g/mol. The quantitative estimate of drug-likeness (QED) is 0.782. The highest BCUT2D eigenvalue weighted by atomic mass is 16.1. The Labute approximate surface area is 119 Å². The fraction of sp³-hybridized carbons (Fsp3) is 0.294. The molecule has 0 fully saturated rings. The van der Waals surface area contributed by atoms with Crippen molar-refractivity contribution < 1.29 is 4.79 Å². The van der Waals surface area contributed by atoms with Gasteiger partial charge in [0.05, 0.1) is 5.56 Å². The summed E-state index contributed by atoms with van der Waals surface area (Å²) in [7, 11) is 0. The number of rotatable bonds is 2. The van der Waals surface area contributed by atoms with E-state index < -0.39 is 0 Å². The molecule has 102 valence electrons. The predicted octanol–water partition coefficient (Wildman–Crippen LogP) is 3.24. The van der Waals surface area contributed by atoms with Crippen LogP contribution in [0.5, 0.6) is 0 Å². The van der Waals surface area contributed by atoms with E-state index >= 15 is 0 Å². The Kier molecular flexibility index (Phi) is 3.50. The Balaban J connectivity index is 1.98. The number of Topliss-reactive ketones (excluding diaryl/α,β-unsaturated/α-hetero) is 1. The van der Waals surface area contributed by atoms with Gasteiger partial charge < -0.3 is 4.90 Å². The second kappa shape index (κ2) is 5.45. The zero-order chi connectivity index (χ0) is 13.9. The molecule has 2 aromatic rings. The van der Waals surface area contributed by atoms with Crippen molar-refractivity contribution in [1.82, 2.24) is 4.98 Å². The first-order valence-electron chi connectivity index (χ1n) is 7.03. The van der Waals surface area contributed by atoms with Crippen molar-refractivity contribution >= 4 is 11.6 Å². The SMILES string of the molecule is CC(=O)c1cccnc1N1CCCc2ccccc2C1. The first-order chi connectivity index (χ1) is 9.75. The third-order valence-electron chi connectivity index (χ3n) is 3.82. The van der Waals surface area contributed by atoms with Crippen LogP contribution in [0.3, 0.4) is 0 Å². The van der Waals surface area contributed by atoms with Gasteiger partial charge in [-0.3, -0.25) is 4.79 Å². The number of hydrogen-bond donors (Lipinski definition) is 0. The second-order valence-electron chi connectivity index (χ2n) is 5.22. The molecule has 0 saturated heterocycles. The Hall–Kier alpha value is -2.16. The maximum Gasteiger partial charge on any atom is 0.163 e. The normalized spacial score (nSPS) is 14.6. The van der Waals surface area contributed by atoms with Crippen LogP contribution in [0.15, 0.2) is 42.6 Å². The van der Waals surface area contributed by atoms with Crippen molar-refractivity contribution in [3.63, 3.8) is 0 Å². The van der Waals surface area contributed by atoms with Gasteiger partial charge >= 0.3 is 0 Å². The van der Waals surface area contributed by atoms with E-state index in [4.69, 9.17) is 0 Å². The standard InChI is InChI=1S/C17H18N2O/c1-13(20)16-9-4-10-18-17(16)19-11-5-8-14-6-2-3-7-15(14)12-19/h2-4,6-7,9-10H,5,8,11-12H2,1H3. The molecule has 3 rings (SSSR count). The first-order valence-corrected chi connectivity index (χ1v) is 7.03. The van der Waals surface area contributed by atoms with Gasteiger partial charge in [-0.15, -0.1) is 0 Å². The average Bonchev–Trinajstić information content (AvgIpc) is 2.69. The summed E-state index contributed by atoms with van der Waals surface area (Å²) in [5, 5.41) is 0. The lowest BCUT2D eigenvalue weighted by atomic mass is 10.0. The maximum absolute atomic E-state index is 11.8. The summed E-state index contributed by atoms with van der Waals surface area (Å²) < 4.78 is 0. The van der Waals surface area contributed by atoms with Gasteiger partial charge in [-0.2, -0.15) is 0 Å². The van der Waals surface area contributed by atoms with Crippen molar-refractivity contribution in [2.24, 2.45) is 0 Å². The molecule has 0 spiro atoms. The molecular formula is C17H18N2O. The van der Waals surface area contributed by atoms with Crippen molar-refractivity contribution in [2.75, 3.05) is 11.4 Å². The summed E-state index contributed by atoms with van der Waals surface area (Å²) in [5.41, 5.74) is 3.47. The molecule has 0 atom stereocenters. The van der Waals surface area contributed by atoms with Gasteiger partial charge in [-0.05, 0) is 43.0 Å². The fourth-order valence-electron chi connectivity index (χ4n) is 2.81. The molecule has 0 radical (unpaired) electrons. The van der Waals surface area contributed by atoms with Crippen LogP contribution in [0, 0.1) is 0 Å². The third-order valence-corrected chi connectivity index (χ3v) is 3.82. The summed E-state index contributed by atoms with van der Waals surface area (Å²) in [4.78, 5) is 18.4. The molecule has 20 heavy (non-hydrogen) atoms. The van der Waals surface area contributed by atoms with E-state index in [0.717, 1.165) is 31.7 Å². The highest BCUT2D eigenvalue weighted by Gasteiger charge is 2.19. The second-order valence-corrected chi connectivity index (χ2v) is 5.22. The molecule has 3 nitrogen and oxygen atoms in total. The van der Waals surface area contributed by atoms with Crippen molar-refractivity contribution in [1.29, 1.82) is 0 Å². The van der Waals surface area contributed by atoms with Crippen LogP contribution in [-0.4, -0.2) is 17.3 Å². The number of aryl methyl sites for hydroxylation is 1. The molecule has 0 saturated carbocycles. The number of pyridine rings is 1. The molecule has 0 unspecified atom stereocenters. The Morgan fingerprint density at radius 3 is 2.75 bits per heavy atom. The van der Waals surface area contributed by atoms with E-state index in [1.54, 1.807) is 13.1 Å². The first kappa shape index (κ1) is 12.9. The number of fused-ring (bicyclic) bond motifs is 1. The Morgan fingerprint density at radius 1 is 1.15 bits per heavy atom. The molecule has 1 aliphatic heterocycles. The van der Waals surface area contributed by atoms with Crippen molar-refractivity contribution in [3.05, 3.63) is 59.3 Å². The largest absolute Gasteiger partial charge is 0.352 e. The lowest BCUT2D eigenvalue weighted by Gasteiger charge is -2.23. The highest BCUT2D eigenvalue weighted by molar-refractivity contribution is 5.98. The van der Waals surface area contributed by atoms with Crippen molar-refractivity contribution in [2.45, 2.75) is 26.3 Å². The van der Waals surface area contributed by atoms with E-state index in [1.165, 1.54) is 11.1 Å². The molecule has 0 aliphatic carbocycles. The summed E-state index contributed by atoms with van der Waals surface area (Å²) in [6.07, 6.45) is 3.94. The molecule has 1 aromatic carbocycles.